The van der Waals surface area contributed by atoms with Crippen LogP contribution in [0.5, 0.6) is 0 Å². The molecule has 2 aromatic heterocycles. The van der Waals surface area contributed by atoms with Crippen LogP contribution >= 0.6 is 0 Å². The van der Waals surface area contributed by atoms with Crippen LogP contribution in [0, 0.1) is 32.6 Å². The summed E-state index contributed by atoms with van der Waals surface area (Å²) in [7, 11) is 3.68. The largest absolute Gasteiger partial charge is 0.466 e. The Morgan fingerprint density at radius 2 is 1.93 bits per heavy atom. The van der Waals surface area contributed by atoms with E-state index in [9.17, 15) is 9.59 Å². The lowest BCUT2D eigenvalue weighted by atomic mass is 10.1. The predicted octanol–water partition coefficient (Wildman–Crippen LogP) is 1.92. The average molecular weight is 387 g/mol. The molecule has 0 saturated heterocycles. The van der Waals surface area contributed by atoms with E-state index < -0.39 is 0 Å². The number of ether oxygens (including phenoxy) is 1. The minimum atomic E-state index is -0.162. The zero-order valence-electron chi connectivity index (χ0n) is 17.5. The van der Waals surface area contributed by atoms with Gasteiger partial charge in [0.05, 0.1) is 23.9 Å². The van der Waals surface area contributed by atoms with Gasteiger partial charge in [-0.2, -0.15) is 10.2 Å². The molecule has 2 atom stereocenters. The van der Waals surface area contributed by atoms with Gasteiger partial charge in [-0.05, 0) is 46.1 Å². The summed E-state index contributed by atoms with van der Waals surface area (Å²) in [6.07, 6.45) is 0.762. The van der Waals surface area contributed by atoms with E-state index in [-0.39, 0.29) is 23.7 Å². The number of carbonyl (C=O) groups is 2. The molecule has 8 heteroatoms. The number of esters is 1. The highest BCUT2D eigenvalue weighted by molar-refractivity contribution is 5.92. The fraction of sp³-hybridized carbons (Fsp3) is 0.600. The minimum absolute atomic E-state index is 0.0831. The zero-order chi connectivity index (χ0) is 20.6. The Hall–Kier alpha value is -2.64. The van der Waals surface area contributed by atoms with Crippen LogP contribution in [0.1, 0.15) is 46.5 Å². The molecule has 0 radical (unpaired) electrons. The second-order valence-electron chi connectivity index (χ2n) is 7.61. The monoisotopic (exact) mass is 387 g/mol. The molecular weight excluding hydrogens is 358 g/mol. The maximum Gasteiger partial charge on any atom is 0.309 e. The summed E-state index contributed by atoms with van der Waals surface area (Å²) >= 11 is 0. The highest BCUT2D eigenvalue weighted by Gasteiger charge is 2.45. The lowest BCUT2D eigenvalue weighted by Gasteiger charge is -2.23. The van der Waals surface area contributed by atoms with Gasteiger partial charge in [0.25, 0.3) is 5.91 Å². The summed E-state index contributed by atoms with van der Waals surface area (Å²) in [4.78, 5) is 27.1. The molecule has 1 amide bonds. The molecule has 0 N–H and O–H groups in total. The van der Waals surface area contributed by atoms with Crippen molar-refractivity contribution in [2.75, 3.05) is 13.2 Å². The van der Waals surface area contributed by atoms with Crippen LogP contribution in [-0.2, 0) is 30.2 Å². The first-order chi connectivity index (χ1) is 13.2. The Bertz CT molecular complexity index is 898. The van der Waals surface area contributed by atoms with Gasteiger partial charge in [-0.3, -0.25) is 19.0 Å². The van der Waals surface area contributed by atoms with Crippen molar-refractivity contribution in [2.45, 2.75) is 40.7 Å². The van der Waals surface area contributed by atoms with E-state index in [1.165, 1.54) is 0 Å². The van der Waals surface area contributed by atoms with E-state index in [2.05, 4.69) is 10.2 Å². The van der Waals surface area contributed by atoms with Gasteiger partial charge in [0.1, 0.15) is 5.69 Å². The summed E-state index contributed by atoms with van der Waals surface area (Å²) in [6, 6.07) is 1.80. The number of hydrogen-bond donors (Lipinski definition) is 0. The van der Waals surface area contributed by atoms with Gasteiger partial charge < -0.3 is 9.64 Å². The molecule has 1 aliphatic carbocycles. The lowest BCUT2D eigenvalue weighted by molar-refractivity contribution is -0.145. The van der Waals surface area contributed by atoms with Crippen LogP contribution in [0.15, 0.2) is 6.07 Å². The molecule has 2 unspecified atom stereocenters. The van der Waals surface area contributed by atoms with Crippen molar-refractivity contribution in [3.05, 3.63) is 34.4 Å². The third-order valence-electron chi connectivity index (χ3n) is 5.48. The third-order valence-corrected chi connectivity index (χ3v) is 5.48. The van der Waals surface area contributed by atoms with Crippen molar-refractivity contribution in [3.8, 4) is 0 Å². The normalized spacial score (nSPS) is 18.2. The summed E-state index contributed by atoms with van der Waals surface area (Å²) in [6.45, 7) is 8.99. The van der Waals surface area contributed by atoms with Crippen LogP contribution in [0.25, 0.3) is 0 Å². The second-order valence-corrected chi connectivity index (χ2v) is 7.61. The lowest BCUT2D eigenvalue weighted by Crippen LogP contribution is -2.34. The van der Waals surface area contributed by atoms with E-state index >= 15 is 0 Å². The fourth-order valence-corrected chi connectivity index (χ4v) is 3.70. The third kappa shape index (κ3) is 3.95. The molecule has 0 aliphatic heterocycles. The maximum atomic E-state index is 13.3. The Kier molecular flexibility index (Phi) is 5.58. The molecule has 2 heterocycles. The van der Waals surface area contributed by atoms with Crippen molar-refractivity contribution in [2.24, 2.45) is 25.9 Å². The van der Waals surface area contributed by atoms with Crippen LogP contribution in [0.3, 0.4) is 0 Å². The summed E-state index contributed by atoms with van der Waals surface area (Å²) in [5.41, 5.74) is 4.34. The van der Waals surface area contributed by atoms with Crippen LogP contribution < -0.4 is 0 Å². The highest BCUT2D eigenvalue weighted by atomic mass is 16.5. The molecule has 1 fully saturated rings. The number of aryl methyl sites for hydroxylation is 4. The van der Waals surface area contributed by atoms with Gasteiger partial charge in [0.15, 0.2) is 0 Å². The standard InChI is InChI=1S/C20H29N5O3/c1-7-28-20(27)16-9-15(16)10-25(11-17-13(3)22-23(5)14(17)4)19(26)18-8-12(2)21-24(18)6/h8,15-16H,7,9-11H2,1-6H3. The number of aromatic nitrogens is 4. The maximum absolute atomic E-state index is 13.3. The average Bonchev–Trinajstić information content (AvgIpc) is 3.26. The van der Waals surface area contributed by atoms with E-state index in [1.807, 2.05) is 44.3 Å². The van der Waals surface area contributed by atoms with Crippen molar-refractivity contribution in [1.29, 1.82) is 0 Å². The van der Waals surface area contributed by atoms with Gasteiger partial charge >= 0.3 is 5.97 Å². The first kappa shape index (κ1) is 20.1. The van der Waals surface area contributed by atoms with Crippen molar-refractivity contribution >= 4 is 11.9 Å². The molecule has 2 aromatic rings. The van der Waals surface area contributed by atoms with Crippen LogP contribution in [-0.4, -0.2) is 49.5 Å². The Balaban J connectivity index is 1.83. The molecule has 3 rings (SSSR count). The van der Waals surface area contributed by atoms with Crippen LogP contribution in [0.4, 0.5) is 0 Å². The Morgan fingerprint density at radius 1 is 1.21 bits per heavy atom. The predicted molar refractivity (Wildman–Crippen MR) is 104 cm³/mol. The van der Waals surface area contributed by atoms with Gasteiger partial charge in [-0.25, -0.2) is 0 Å². The van der Waals surface area contributed by atoms with Crippen molar-refractivity contribution < 1.29 is 14.3 Å². The van der Waals surface area contributed by atoms with E-state index in [1.54, 1.807) is 17.8 Å². The summed E-state index contributed by atoms with van der Waals surface area (Å²) in [5.74, 6) is -0.223. The molecule has 28 heavy (non-hydrogen) atoms. The topological polar surface area (TPSA) is 82.2 Å². The summed E-state index contributed by atoms with van der Waals surface area (Å²) < 4.78 is 8.58. The van der Waals surface area contributed by atoms with Gasteiger partial charge in [0, 0.05) is 38.4 Å². The molecule has 152 valence electrons. The minimum Gasteiger partial charge on any atom is -0.466 e. The SMILES string of the molecule is CCOC(=O)C1CC1CN(Cc1c(C)nn(C)c1C)C(=O)c1cc(C)nn1C. The van der Waals surface area contributed by atoms with Crippen molar-refractivity contribution in [3.63, 3.8) is 0 Å². The van der Waals surface area contributed by atoms with Crippen LogP contribution in [0.2, 0.25) is 0 Å². The number of rotatable bonds is 7. The molecular formula is C20H29N5O3. The first-order valence-corrected chi connectivity index (χ1v) is 9.68. The molecule has 8 nitrogen and oxygen atoms in total. The van der Waals surface area contributed by atoms with E-state index in [0.717, 1.165) is 29.1 Å². The number of hydrogen-bond acceptors (Lipinski definition) is 5. The number of nitrogens with zero attached hydrogens (tertiary/aromatic N) is 5. The highest BCUT2D eigenvalue weighted by Crippen LogP contribution is 2.40. The van der Waals surface area contributed by atoms with E-state index in [4.69, 9.17) is 4.74 Å². The molecule has 0 bridgehead atoms. The fourth-order valence-electron chi connectivity index (χ4n) is 3.70. The first-order valence-electron chi connectivity index (χ1n) is 9.68. The Labute approximate surface area is 165 Å². The smallest absolute Gasteiger partial charge is 0.309 e. The molecule has 1 saturated carbocycles. The molecule has 0 spiro atoms. The van der Waals surface area contributed by atoms with Gasteiger partial charge in [-0.1, -0.05) is 0 Å². The molecule has 0 aromatic carbocycles. The van der Waals surface area contributed by atoms with Gasteiger partial charge in [0.2, 0.25) is 0 Å². The summed E-state index contributed by atoms with van der Waals surface area (Å²) in [5, 5.41) is 8.77. The van der Waals surface area contributed by atoms with Gasteiger partial charge in [-0.15, -0.1) is 0 Å². The van der Waals surface area contributed by atoms with E-state index in [0.29, 0.717) is 25.4 Å². The zero-order valence-corrected chi connectivity index (χ0v) is 17.5. The van der Waals surface area contributed by atoms with Crippen molar-refractivity contribution in [1.82, 2.24) is 24.5 Å². The quantitative estimate of drug-likeness (QED) is 0.678. The molecule has 1 aliphatic rings. The number of carbonyl (C=O) groups excluding carboxylic acids is 2. The second kappa shape index (κ2) is 7.77. The number of amides is 1. The Morgan fingerprint density at radius 3 is 2.46 bits per heavy atom.